The Bertz CT molecular complexity index is 1060. The second kappa shape index (κ2) is 9.89. The molecule has 0 atom stereocenters. The van der Waals surface area contributed by atoms with E-state index < -0.39 is 0 Å². The molecule has 0 bridgehead atoms. The fourth-order valence-corrected chi connectivity index (χ4v) is 6.80. The maximum Gasteiger partial charge on any atom is 0.178 e. The molecule has 1 N–H and O–H groups in total. The van der Waals surface area contributed by atoms with Crippen molar-refractivity contribution in [1.29, 1.82) is 0 Å². The van der Waals surface area contributed by atoms with Gasteiger partial charge < -0.3 is 19.7 Å². The number of hydrogen-bond donors (Lipinski definition) is 1. The van der Waals surface area contributed by atoms with Gasteiger partial charge in [0.1, 0.15) is 17.5 Å². The summed E-state index contributed by atoms with van der Waals surface area (Å²) in [6, 6.07) is 4.51. The lowest BCUT2D eigenvalue weighted by Crippen LogP contribution is -2.53. The van der Waals surface area contributed by atoms with Crippen molar-refractivity contribution in [2.45, 2.75) is 95.6 Å². The Morgan fingerprint density at radius 2 is 1.78 bits per heavy atom. The van der Waals surface area contributed by atoms with E-state index in [0.717, 1.165) is 81.9 Å². The molecule has 202 valence electrons. The number of likely N-dealkylation sites (tertiary alicyclic amines) is 1. The third-order valence-electron chi connectivity index (χ3n) is 9.50. The standard InChI is InChI=1S/C28H43N7O2/c1-21-29-25(27(3)9-4-10-27)35(33-21)24-6-5-23(31-32-24)30-22-7-11-26(2,12-8-22)19-34-15-13-28(14-16-34)20-36-17-18-37-28/h5-6,22H,4,7-20H2,1-3H3,(H,30,31). The van der Waals surface area contributed by atoms with Crippen molar-refractivity contribution in [1.82, 2.24) is 29.9 Å². The second-order valence-electron chi connectivity index (χ2n) is 12.7. The highest BCUT2D eigenvalue weighted by molar-refractivity contribution is 5.38. The Kier molecular flexibility index (Phi) is 6.74. The van der Waals surface area contributed by atoms with Gasteiger partial charge in [0, 0.05) is 31.1 Å². The summed E-state index contributed by atoms with van der Waals surface area (Å²) in [6.45, 7) is 12.4. The van der Waals surface area contributed by atoms with Crippen LogP contribution >= 0.6 is 0 Å². The number of hydrogen-bond acceptors (Lipinski definition) is 8. The van der Waals surface area contributed by atoms with Crippen molar-refractivity contribution >= 4 is 5.82 Å². The number of nitrogens with one attached hydrogen (secondary N) is 1. The van der Waals surface area contributed by atoms with Gasteiger partial charge in [-0.15, -0.1) is 15.3 Å². The number of ether oxygens (including phenoxy) is 2. The Morgan fingerprint density at radius 1 is 1.00 bits per heavy atom. The minimum absolute atomic E-state index is 0.0166. The Labute approximate surface area is 220 Å². The molecule has 9 nitrogen and oxygen atoms in total. The van der Waals surface area contributed by atoms with Crippen LogP contribution in [-0.2, 0) is 14.9 Å². The molecule has 4 fully saturated rings. The summed E-state index contributed by atoms with van der Waals surface area (Å²) in [5, 5.41) is 17.3. The fourth-order valence-electron chi connectivity index (χ4n) is 6.80. The molecule has 0 amide bonds. The van der Waals surface area contributed by atoms with E-state index in [0.29, 0.717) is 11.5 Å². The zero-order chi connectivity index (χ0) is 25.5. The number of aryl methyl sites for hydroxylation is 1. The second-order valence-corrected chi connectivity index (χ2v) is 12.7. The monoisotopic (exact) mass is 509 g/mol. The summed E-state index contributed by atoms with van der Waals surface area (Å²) in [7, 11) is 0. The van der Waals surface area contributed by atoms with Crippen LogP contribution in [0.4, 0.5) is 5.82 Å². The quantitative estimate of drug-likeness (QED) is 0.624. The van der Waals surface area contributed by atoms with Crippen LogP contribution in [0.25, 0.3) is 5.82 Å². The van der Waals surface area contributed by atoms with Crippen LogP contribution in [0.5, 0.6) is 0 Å². The van der Waals surface area contributed by atoms with Crippen LogP contribution in [0.3, 0.4) is 0 Å². The van der Waals surface area contributed by atoms with Gasteiger partial charge in [0.2, 0.25) is 0 Å². The molecule has 4 aliphatic rings. The lowest BCUT2D eigenvalue weighted by Gasteiger charge is -2.47. The molecule has 0 unspecified atom stereocenters. The van der Waals surface area contributed by atoms with E-state index in [2.05, 4.69) is 39.4 Å². The normalized spacial score (nSPS) is 29.6. The minimum atomic E-state index is -0.0166. The molecule has 0 aromatic carbocycles. The van der Waals surface area contributed by atoms with E-state index in [1.807, 2.05) is 23.7 Å². The highest BCUT2D eigenvalue weighted by atomic mass is 16.6. The van der Waals surface area contributed by atoms with Crippen LogP contribution in [0.1, 0.15) is 83.3 Å². The van der Waals surface area contributed by atoms with Crippen LogP contribution in [0, 0.1) is 12.3 Å². The molecule has 2 saturated heterocycles. The molecule has 4 heterocycles. The van der Waals surface area contributed by atoms with E-state index in [-0.39, 0.29) is 11.0 Å². The third-order valence-corrected chi connectivity index (χ3v) is 9.50. The smallest absolute Gasteiger partial charge is 0.178 e. The minimum Gasteiger partial charge on any atom is -0.376 e. The molecule has 2 aliphatic carbocycles. The number of aromatic nitrogens is 5. The average molecular weight is 510 g/mol. The van der Waals surface area contributed by atoms with Gasteiger partial charge in [0.25, 0.3) is 0 Å². The first kappa shape index (κ1) is 25.2. The molecule has 2 aromatic heterocycles. The van der Waals surface area contributed by atoms with Crippen LogP contribution in [0.2, 0.25) is 0 Å². The largest absolute Gasteiger partial charge is 0.376 e. The van der Waals surface area contributed by atoms with Gasteiger partial charge in [0.15, 0.2) is 5.82 Å². The number of rotatable bonds is 6. The topological polar surface area (TPSA) is 90.2 Å². The lowest BCUT2D eigenvalue weighted by molar-refractivity contribution is -0.178. The first-order valence-corrected chi connectivity index (χ1v) is 14.3. The highest BCUT2D eigenvalue weighted by Gasteiger charge is 2.41. The highest BCUT2D eigenvalue weighted by Crippen LogP contribution is 2.43. The lowest BCUT2D eigenvalue weighted by atomic mass is 9.70. The molecule has 2 aromatic rings. The van der Waals surface area contributed by atoms with Crippen molar-refractivity contribution in [3.8, 4) is 5.82 Å². The van der Waals surface area contributed by atoms with Gasteiger partial charge in [-0.1, -0.05) is 20.3 Å². The Hall–Kier alpha value is -2.10. The number of nitrogens with zero attached hydrogens (tertiary/aromatic N) is 6. The Morgan fingerprint density at radius 3 is 2.41 bits per heavy atom. The zero-order valence-electron chi connectivity index (χ0n) is 22.8. The van der Waals surface area contributed by atoms with Crippen LogP contribution in [0.15, 0.2) is 12.1 Å². The summed E-state index contributed by atoms with van der Waals surface area (Å²) in [5.41, 5.74) is 0.459. The number of piperidine rings is 1. The predicted molar refractivity (Wildman–Crippen MR) is 142 cm³/mol. The van der Waals surface area contributed by atoms with Gasteiger partial charge in [0.05, 0.1) is 25.4 Å². The first-order valence-electron chi connectivity index (χ1n) is 14.3. The maximum absolute atomic E-state index is 6.12. The van der Waals surface area contributed by atoms with E-state index in [4.69, 9.17) is 14.5 Å². The zero-order valence-corrected chi connectivity index (χ0v) is 22.8. The maximum atomic E-state index is 6.12. The van der Waals surface area contributed by atoms with Crippen molar-refractivity contribution in [2.75, 3.05) is 44.8 Å². The SMILES string of the molecule is Cc1nc(C2(C)CCC2)n(-c2ccc(NC3CCC(C)(CN4CCC5(CC4)COCCO5)CC3)nn2)n1. The fraction of sp³-hybridized carbons (Fsp3) is 0.786. The molecule has 9 heteroatoms. The van der Waals surface area contributed by atoms with Crippen LogP contribution < -0.4 is 5.32 Å². The van der Waals surface area contributed by atoms with E-state index in [1.54, 1.807) is 0 Å². The predicted octanol–water partition coefficient (Wildman–Crippen LogP) is 4.05. The van der Waals surface area contributed by atoms with Crippen molar-refractivity contribution in [3.05, 3.63) is 23.8 Å². The summed E-state index contributed by atoms with van der Waals surface area (Å²) in [5.74, 6) is 3.40. The summed E-state index contributed by atoms with van der Waals surface area (Å²) < 4.78 is 13.7. The van der Waals surface area contributed by atoms with E-state index >= 15 is 0 Å². The van der Waals surface area contributed by atoms with Gasteiger partial charge in [-0.25, -0.2) is 4.98 Å². The molecule has 1 spiro atoms. The summed E-state index contributed by atoms with van der Waals surface area (Å²) >= 11 is 0. The van der Waals surface area contributed by atoms with Gasteiger partial charge in [-0.2, -0.15) is 4.68 Å². The van der Waals surface area contributed by atoms with Crippen LogP contribution in [-0.4, -0.2) is 81.0 Å². The van der Waals surface area contributed by atoms with Crippen molar-refractivity contribution < 1.29 is 9.47 Å². The van der Waals surface area contributed by atoms with Crippen molar-refractivity contribution in [3.63, 3.8) is 0 Å². The first-order chi connectivity index (χ1) is 17.8. The van der Waals surface area contributed by atoms with E-state index in [1.165, 1.54) is 38.6 Å². The van der Waals surface area contributed by atoms with Gasteiger partial charge in [-0.05, 0) is 75.8 Å². The molecule has 6 rings (SSSR count). The summed E-state index contributed by atoms with van der Waals surface area (Å²) in [4.78, 5) is 7.39. The number of anilines is 1. The summed E-state index contributed by atoms with van der Waals surface area (Å²) in [6.07, 6.45) is 10.5. The van der Waals surface area contributed by atoms with Gasteiger partial charge >= 0.3 is 0 Å². The molecule has 37 heavy (non-hydrogen) atoms. The molecular formula is C28H43N7O2. The van der Waals surface area contributed by atoms with Crippen molar-refractivity contribution in [2.24, 2.45) is 5.41 Å². The molecule has 2 saturated carbocycles. The van der Waals surface area contributed by atoms with E-state index in [9.17, 15) is 0 Å². The third kappa shape index (κ3) is 5.27. The molecular weight excluding hydrogens is 466 g/mol. The average Bonchev–Trinajstić information content (AvgIpc) is 3.29. The van der Waals surface area contributed by atoms with Gasteiger partial charge in [-0.3, -0.25) is 0 Å². The Balaban J connectivity index is 1.00. The molecule has 0 radical (unpaired) electrons. The molecule has 2 aliphatic heterocycles.